The van der Waals surface area contributed by atoms with Crippen LogP contribution in [0.3, 0.4) is 0 Å². The molecule has 0 unspecified atom stereocenters. The zero-order chi connectivity index (χ0) is 13.8. The van der Waals surface area contributed by atoms with Gasteiger partial charge >= 0.3 is 0 Å². The van der Waals surface area contributed by atoms with Crippen molar-refractivity contribution in [2.75, 3.05) is 6.61 Å². The highest BCUT2D eigenvalue weighted by Crippen LogP contribution is 2.24. The van der Waals surface area contributed by atoms with Crippen LogP contribution in [0.4, 0.5) is 0 Å². The molecule has 0 saturated carbocycles. The molecular formula is C14H17BrN2O2. The molecule has 2 rings (SSSR count). The normalized spacial score (nSPS) is 10.7. The second-order valence-corrected chi connectivity index (χ2v) is 5.30. The van der Waals surface area contributed by atoms with Gasteiger partial charge in [0.25, 0.3) is 5.56 Å². The average molecular weight is 325 g/mol. The van der Waals surface area contributed by atoms with Gasteiger partial charge in [0.1, 0.15) is 5.75 Å². The third-order valence-electron chi connectivity index (χ3n) is 2.88. The number of halogens is 1. The fraction of sp³-hybridized carbons (Fsp3) is 0.357. The van der Waals surface area contributed by atoms with Crippen LogP contribution in [0.25, 0.3) is 0 Å². The van der Waals surface area contributed by atoms with Crippen molar-refractivity contribution in [2.24, 2.45) is 7.05 Å². The van der Waals surface area contributed by atoms with E-state index in [1.165, 1.54) is 0 Å². The Balaban J connectivity index is 2.31. The lowest BCUT2D eigenvalue weighted by Crippen LogP contribution is -2.22. The summed E-state index contributed by atoms with van der Waals surface area (Å²) in [5.74, 6) is 0.823. The minimum Gasteiger partial charge on any atom is -0.493 e. The molecule has 0 aliphatic carbocycles. The maximum atomic E-state index is 11.7. The zero-order valence-corrected chi connectivity index (χ0v) is 12.7. The Bertz CT molecular complexity index is 616. The Kier molecular flexibility index (Phi) is 4.47. The van der Waals surface area contributed by atoms with E-state index in [9.17, 15) is 4.79 Å². The number of benzene rings is 1. The van der Waals surface area contributed by atoms with E-state index in [2.05, 4.69) is 22.9 Å². The molecule has 2 aromatic rings. The molecule has 0 N–H and O–H groups in total. The lowest BCUT2D eigenvalue weighted by Gasteiger charge is -2.13. The van der Waals surface area contributed by atoms with Gasteiger partial charge in [-0.05, 0) is 18.6 Å². The Labute approximate surface area is 120 Å². The summed E-state index contributed by atoms with van der Waals surface area (Å²) in [6, 6.07) is 7.45. The molecule has 1 heterocycles. The molecule has 4 nitrogen and oxygen atoms in total. The maximum absolute atomic E-state index is 11.7. The SMILES string of the molecule is CCCOc1cc(Br)ccc1Cn1c(=O)ccn1C. The molecule has 0 atom stereocenters. The van der Waals surface area contributed by atoms with E-state index in [0.29, 0.717) is 13.2 Å². The zero-order valence-electron chi connectivity index (χ0n) is 11.1. The topological polar surface area (TPSA) is 36.2 Å². The van der Waals surface area contributed by atoms with Gasteiger partial charge in [-0.2, -0.15) is 0 Å². The van der Waals surface area contributed by atoms with E-state index in [4.69, 9.17) is 4.74 Å². The molecule has 1 aromatic carbocycles. The molecule has 0 saturated heterocycles. The molecule has 0 radical (unpaired) electrons. The first-order valence-electron chi connectivity index (χ1n) is 6.25. The Morgan fingerprint density at radius 1 is 1.32 bits per heavy atom. The minimum absolute atomic E-state index is 0.00754. The summed E-state index contributed by atoms with van der Waals surface area (Å²) in [5.41, 5.74) is 0.993. The number of hydrogen-bond acceptors (Lipinski definition) is 2. The van der Waals surface area contributed by atoms with Gasteiger partial charge in [-0.15, -0.1) is 0 Å². The van der Waals surface area contributed by atoms with Gasteiger partial charge in [-0.3, -0.25) is 9.48 Å². The lowest BCUT2D eigenvalue weighted by molar-refractivity contribution is 0.312. The number of ether oxygens (including phenoxy) is 1. The fourth-order valence-electron chi connectivity index (χ4n) is 1.85. The van der Waals surface area contributed by atoms with Crippen molar-refractivity contribution in [2.45, 2.75) is 19.9 Å². The van der Waals surface area contributed by atoms with Crippen LogP contribution in [0.5, 0.6) is 5.75 Å². The second kappa shape index (κ2) is 6.10. The molecule has 19 heavy (non-hydrogen) atoms. The molecule has 0 bridgehead atoms. The van der Waals surface area contributed by atoms with Crippen LogP contribution in [0.15, 0.2) is 39.7 Å². The molecule has 0 fully saturated rings. The number of hydrogen-bond donors (Lipinski definition) is 0. The number of nitrogens with zero attached hydrogens (tertiary/aromatic N) is 2. The van der Waals surface area contributed by atoms with Gasteiger partial charge in [0.15, 0.2) is 0 Å². The molecule has 0 aliphatic heterocycles. The molecule has 102 valence electrons. The van der Waals surface area contributed by atoms with Crippen LogP contribution >= 0.6 is 15.9 Å². The van der Waals surface area contributed by atoms with Gasteiger partial charge in [-0.25, -0.2) is 4.68 Å². The fourth-order valence-corrected chi connectivity index (χ4v) is 2.19. The molecule has 0 aliphatic rings. The first-order valence-corrected chi connectivity index (χ1v) is 7.04. The minimum atomic E-state index is -0.00754. The van der Waals surface area contributed by atoms with Gasteiger partial charge in [0.05, 0.1) is 13.2 Å². The standard InChI is InChI=1S/C14H17BrN2O2/c1-3-8-19-13-9-12(15)5-4-11(13)10-17-14(18)6-7-16(17)2/h4-7,9H,3,8,10H2,1-2H3. The number of aromatic nitrogens is 2. The van der Waals surface area contributed by atoms with Crippen molar-refractivity contribution in [3.63, 3.8) is 0 Å². The summed E-state index contributed by atoms with van der Waals surface area (Å²) in [6.07, 6.45) is 2.71. The molecule has 0 amide bonds. The predicted octanol–water partition coefficient (Wildman–Crippen LogP) is 2.79. The van der Waals surface area contributed by atoms with Crippen LogP contribution in [0.2, 0.25) is 0 Å². The quantitative estimate of drug-likeness (QED) is 0.847. The van der Waals surface area contributed by atoms with Gasteiger partial charge < -0.3 is 4.74 Å². The highest BCUT2D eigenvalue weighted by atomic mass is 79.9. The summed E-state index contributed by atoms with van der Waals surface area (Å²) >= 11 is 3.44. The first-order chi connectivity index (χ1) is 9.11. The van der Waals surface area contributed by atoms with Gasteiger partial charge in [-0.1, -0.05) is 28.9 Å². The van der Waals surface area contributed by atoms with Crippen molar-refractivity contribution in [1.82, 2.24) is 9.36 Å². The average Bonchev–Trinajstić information content (AvgIpc) is 2.70. The van der Waals surface area contributed by atoms with Crippen molar-refractivity contribution in [3.05, 3.63) is 50.9 Å². The highest BCUT2D eigenvalue weighted by Gasteiger charge is 2.08. The van der Waals surface area contributed by atoms with E-state index < -0.39 is 0 Å². The smallest absolute Gasteiger partial charge is 0.266 e. The van der Waals surface area contributed by atoms with Crippen LogP contribution in [0.1, 0.15) is 18.9 Å². The van der Waals surface area contributed by atoms with Gasteiger partial charge in [0, 0.05) is 29.3 Å². The molecule has 5 heteroatoms. The number of aryl methyl sites for hydroxylation is 1. The van der Waals surface area contributed by atoms with Gasteiger partial charge in [0.2, 0.25) is 0 Å². The Hall–Kier alpha value is -1.49. The molecular weight excluding hydrogens is 308 g/mol. The summed E-state index contributed by atoms with van der Waals surface area (Å²) in [7, 11) is 1.85. The van der Waals surface area contributed by atoms with Crippen molar-refractivity contribution in [3.8, 4) is 5.75 Å². The van der Waals surface area contributed by atoms with Crippen molar-refractivity contribution < 1.29 is 4.74 Å². The lowest BCUT2D eigenvalue weighted by atomic mass is 10.2. The van der Waals surface area contributed by atoms with Crippen molar-refractivity contribution >= 4 is 15.9 Å². The first kappa shape index (κ1) is 13.9. The maximum Gasteiger partial charge on any atom is 0.266 e. The summed E-state index contributed by atoms with van der Waals surface area (Å²) in [4.78, 5) is 11.7. The Morgan fingerprint density at radius 3 is 2.74 bits per heavy atom. The molecule has 0 spiro atoms. The van der Waals surface area contributed by atoms with Crippen molar-refractivity contribution in [1.29, 1.82) is 0 Å². The van der Waals surface area contributed by atoms with Crippen LogP contribution in [-0.2, 0) is 13.6 Å². The van der Waals surface area contributed by atoms with E-state index in [1.807, 2.05) is 25.2 Å². The Morgan fingerprint density at radius 2 is 2.11 bits per heavy atom. The van der Waals surface area contributed by atoms with Crippen LogP contribution < -0.4 is 10.3 Å². The predicted molar refractivity (Wildman–Crippen MR) is 78.7 cm³/mol. The van der Waals surface area contributed by atoms with Crippen LogP contribution in [0, 0.1) is 0 Å². The third kappa shape index (κ3) is 3.29. The summed E-state index contributed by atoms with van der Waals surface area (Å²) in [6.45, 7) is 3.25. The monoisotopic (exact) mass is 324 g/mol. The largest absolute Gasteiger partial charge is 0.493 e. The molecule has 1 aromatic heterocycles. The highest BCUT2D eigenvalue weighted by molar-refractivity contribution is 9.10. The van der Waals surface area contributed by atoms with E-state index in [-0.39, 0.29) is 5.56 Å². The van der Waals surface area contributed by atoms with E-state index in [0.717, 1.165) is 22.2 Å². The summed E-state index contributed by atoms with van der Waals surface area (Å²) in [5, 5.41) is 0. The van der Waals surface area contributed by atoms with Crippen LogP contribution in [-0.4, -0.2) is 16.0 Å². The number of rotatable bonds is 5. The second-order valence-electron chi connectivity index (χ2n) is 4.39. The third-order valence-corrected chi connectivity index (χ3v) is 3.37. The summed E-state index contributed by atoms with van der Waals surface area (Å²) < 4.78 is 10.2. The van der Waals surface area contributed by atoms with E-state index >= 15 is 0 Å². The van der Waals surface area contributed by atoms with E-state index in [1.54, 1.807) is 21.6 Å².